The molecule has 22 heavy (non-hydrogen) atoms. The number of benzene rings is 1. The van der Waals surface area contributed by atoms with Gasteiger partial charge in [0.2, 0.25) is 11.8 Å². The predicted molar refractivity (Wildman–Crippen MR) is 79.7 cm³/mol. The number of carbonyl (C=O) groups excluding carboxylic acids is 2. The lowest BCUT2D eigenvalue weighted by molar-refractivity contribution is -0.128. The molecule has 120 valence electrons. The zero-order valence-corrected chi connectivity index (χ0v) is 13.1. The molecule has 2 rings (SSSR count). The van der Waals surface area contributed by atoms with Crippen LogP contribution in [0.2, 0.25) is 5.02 Å². The maximum Gasteiger partial charge on any atom is 0.226 e. The van der Waals surface area contributed by atoms with Crippen LogP contribution in [0.1, 0.15) is 24.9 Å². The summed E-state index contributed by atoms with van der Waals surface area (Å²) in [6, 6.07) is 3.31. The van der Waals surface area contributed by atoms with E-state index in [0.717, 1.165) is 0 Å². The van der Waals surface area contributed by atoms with E-state index in [1.54, 1.807) is 20.0 Å². The molecule has 0 radical (unpaired) electrons. The third-order valence-electron chi connectivity index (χ3n) is 3.87. The number of nitrogens with one attached hydrogen (secondary N) is 1. The van der Waals surface area contributed by atoms with Crippen molar-refractivity contribution in [3.63, 3.8) is 0 Å². The normalized spacial score (nSPS) is 22.8. The minimum Gasteiger partial charge on any atom is -0.394 e. The maximum absolute atomic E-state index is 13.7. The SMILES string of the molecule is C[C@@H](CO)NC(=O)C1CC(=O)N(C)C1c1ccc(Cl)c(F)c1. The van der Waals surface area contributed by atoms with E-state index in [9.17, 15) is 14.0 Å². The molecule has 1 saturated heterocycles. The third-order valence-corrected chi connectivity index (χ3v) is 4.18. The van der Waals surface area contributed by atoms with Crippen molar-refractivity contribution in [2.75, 3.05) is 13.7 Å². The van der Waals surface area contributed by atoms with Crippen molar-refractivity contribution in [2.24, 2.45) is 5.92 Å². The van der Waals surface area contributed by atoms with Crippen molar-refractivity contribution in [3.05, 3.63) is 34.6 Å². The molecule has 1 heterocycles. The number of carbonyl (C=O) groups is 2. The summed E-state index contributed by atoms with van der Waals surface area (Å²) in [6.45, 7) is 1.47. The van der Waals surface area contributed by atoms with E-state index in [4.69, 9.17) is 16.7 Å². The molecule has 2 amide bonds. The minimum atomic E-state index is -0.632. The molecule has 1 aromatic rings. The van der Waals surface area contributed by atoms with Crippen molar-refractivity contribution >= 4 is 23.4 Å². The highest BCUT2D eigenvalue weighted by Crippen LogP contribution is 2.38. The largest absolute Gasteiger partial charge is 0.394 e. The van der Waals surface area contributed by atoms with Crippen LogP contribution in [0.3, 0.4) is 0 Å². The lowest BCUT2D eigenvalue weighted by Gasteiger charge is -2.26. The molecule has 7 heteroatoms. The van der Waals surface area contributed by atoms with Crippen LogP contribution in [0.4, 0.5) is 4.39 Å². The summed E-state index contributed by atoms with van der Waals surface area (Å²) in [5, 5.41) is 11.7. The van der Waals surface area contributed by atoms with Crippen LogP contribution in [0.5, 0.6) is 0 Å². The van der Waals surface area contributed by atoms with Gasteiger partial charge in [-0.2, -0.15) is 0 Å². The number of aliphatic hydroxyl groups is 1. The van der Waals surface area contributed by atoms with Crippen molar-refractivity contribution in [1.29, 1.82) is 0 Å². The van der Waals surface area contributed by atoms with Crippen molar-refractivity contribution < 1.29 is 19.1 Å². The summed E-state index contributed by atoms with van der Waals surface area (Å²) in [4.78, 5) is 25.7. The Labute approximate surface area is 133 Å². The molecule has 0 aromatic heterocycles. The van der Waals surface area contributed by atoms with Gasteiger partial charge in [0.05, 0.1) is 23.6 Å². The highest BCUT2D eigenvalue weighted by Gasteiger charge is 2.43. The van der Waals surface area contributed by atoms with Crippen LogP contribution in [0.25, 0.3) is 0 Å². The molecule has 1 aliphatic rings. The van der Waals surface area contributed by atoms with Gasteiger partial charge in [-0.15, -0.1) is 0 Å². The number of hydrogen-bond donors (Lipinski definition) is 2. The summed E-state index contributed by atoms with van der Waals surface area (Å²) < 4.78 is 13.7. The van der Waals surface area contributed by atoms with Crippen molar-refractivity contribution in [2.45, 2.75) is 25.4 Å². The van der Waals surface area contributed by atoms with E-state index in [1.165, 1.54) is 17.0 Å². The summed E-state index contributed by atoms with van der Waals surface area (Å²) in [7, 11) is 1.59. The van der Waals surface area contributed by atoms with Crippen LogP contribution in [0, 0.1) is 11.7 Å². The van der Waals surface area contributed by atoms with Crippen LogP contribution in [-0.2, 0) is 9.59 Å². The number of halogens is 2. The predicted octanol–water partition coefficient (Wildman–Crippen LogP) is 1.50. The van der Waals surface area contributed by atoms with E-state index in [1.807, 2.05) is 0 Å². The first-order valence-corrected chi connectivity index (χ1v) is 7.34. The van der Waals surface area contributed by atoms with Crippen LogP contribution in [0.15, 0.2) is 18.2 Å². The Morgan fingerprint density at radius 1 is 1.59 bits per heavy atom. The Morgan fingerprint density at radius 3 is 2.86 bits per heavy atom. The highest BCUT2D eigenvalue weighted by molar-refractivity contribution is 6.30. The lowest BCUT2D eigenvalue weighted by atomic mass is 9.92. The van der Waals surface area contributed by atoms with E-state index in [0.29, 0.717) is 5.56 Å². The van der Waals surface area contributed by atoms with E-state index in [-0.39, 0.29) is 29.9 Å². The molecular formula is C15H18ClFN2O3. The van der Waals surface area contributed by atoms with E-state index in [2.05, 4.69) is 5.32 Å². The fourth-order valence-corrected chi connectivity index (χ4v) is 2.77. The average molecular weight is 329 g/mol. The summed E-state index contributed by atoms with van der Waals surface area (Å²) in [5.74, 6) is -1.74. The maximum atomic E-state index is 13.7. The zero-order valence-electron chi connectivity index (χ0n) is 12.3. The third kappa shape index (κ3) is 3.23. The molecule has 1 aliphatic heterocycles. The number of aliphatic hydroxyl groups excluding tert-OH is 1. The summed E-state index contributed by atoms with van der Waals surface area (Å²) in [5.41, 5.74) is 0.520. The first kappa shape index (κ1) is 16.7. The molecule has 3 atom stereocenters. The second-order valence-electron chi connectivity index (χ2n) is 5.53. The Morgan fingerprint density at radius 2 is 2.27 bits per heavy atom. The number of amides is 2. The molecule has 2 N–H and O–H groups in total. The molecule has 1 fully saturated rings. The van der Waals surface area contributed by atoms with Gasteiger partial charge in [-0.25, -0.2) is 4.39 Å². The van der Waals surface area contributed by atoms with Gasteiger partial charge in [0.1, 0.15) is 5.82 Å². The topological polar surface area (TPSA) is 69.6 Å². The van der Waals surface area contributed by atoms with Gasteiger partial charge in [-0.3, -0.25) is 9.59 Å². The Kier molecular flexibility index (Phi) is 5.03. The van der Waals surface area contributed by atoms with Gasteiger partial charge >= 0.3 is 0 Å². The minimum absolute atomic E-state index is 0.00868. The Balaban J connectivity index is 2.30. The molecule has 5 nitrogen and oxygen atoms in total. The molecular weight excluding hydrogens is 311 g/mol. The first-order valence-electron chi connectivity index (χ1n) is 6.97. The molecule has 0 bridgehead atoms. The fraction of sp³-hybridized carbons (Fsp3) is 0.467. The van der Waals surface area contributed by atoms with Gasteiger partial charge in [0, 0.05) is 19.5 Å². The second kappa shape index (κ2) is 6.62. The Bertz CT molecular complexity index is 596. The standard InChI is InChI=1S/C15H18ClFN2O3/c1-8(7-20)18-15(22)10-6-13(21)19(2)14(10)9-3-4-11(16)12(17)5-9/h3-5,8,10,14,20H,6-7H2,1-2H3,(H,18,22)/t8-,10?,14?/m0/s1. The number of likely N-dealkylation sites (tertiary alicyclic amines) is 1. The quantitative estimate of drug-likeness (QED) is 0.880. The van der Waals surface area contributed by atoms with Crippen LogP contribution in [-0.4, -0.2) is 41.5 Å². The molecule has 0 spiro atoms. The summed E-state index contributed by atoms with van der Waals surface area (Å²) in [6.07, 6.45) is 0.0510. The number of rotatable bonds is 4. The van der Waals surface area contributed by atoms with Gasteiger partial charge in [0.15, 0.2) is 0 Å². The van der Waals surface area contributed by atoms with Crippen molar-refractivity contribution in [3.8, 4) is 0 Å². The molecule has 0 saturated carbocycles. The van der Waals surface area contributed by atoms with Crippen molar-refractivity contribution in [1.82, 2.24) is 10.2 Å². The van der Waals surface area contributed by atoms with Gasteiger partial charge in [-0.05, 0) is 24.6 Å². The zero-order chi connectivity index (χ0) is 16.4. The molecule has 1 aromatic carbocycles. The molecule has 0 aliphatic carbocycles. The monoisotopic (exact) mass is 328 g/mol. The number of nitrogens with zero attached hydrogens (tertiary/aromatic N) is 1. The van der Waals surface area contributed by atoms with Gasteiger partial charge in [0.25, 0.3) is 0 Å². The summed E-state index contributed by atoms with van der Waals surface area (Å²) >= 11 is 5.68. The average Bonchev–Trinajstić information content (AvgIpc) is 2.78. The van der Waals surface area contributed by atoms with E-state index >= 15 is 0 Å². The van der Waals surface area contributed by atoms with Gasteiger partial charge in [-0.1, -0.05) is 17.7 Å². The smallest absolute Gasteiger partial charge is 0.226 e. The fourth-order valence-electron chi connectivity index (χ4n) is 2.65. The number of hydrogen-bond acceptors (Lipinski definition) is 3. The van der Waals surface area contributed by atoms with Crippen LogP contribution < -0.4 is 5.32 Å². The Hall–Kier alpha value is -1.66. The highest BCUT2D eigenvalue weighted by atomic mass is 35.5. The van der Waals surface area contributed by atoms with E-state index < -0.39 is 23.8 Å². The first-order chi connectivity index (χ1) is 10.3. The lowest BCUT2D eigenvalue weighted by Crippen LogP contribution is -2.40. The van der Waals surface area contributed by atoms with Crippen LogP contribution >= 0.6 is 11.6 Å². The van der Waals surface area contributed by atoms with Gasteiger partial charge < -0.3 is 15.3 Å². The second-order valence-corrected chi connectivity index (χ2v) is 5.93. The molecule has 2 unspecified atom stereocenters.